The van der Waals surface area contributed by atoms with E-state index in [2.05, 4.69) is 29.5 Å². The standard InChI is InChI=1S/C17H29N3O2/c1-10-6-5-9-13(18-10)19-16-14-11-7-3-4-8-12(11)20(2)15(14)17(21)22-16/h10-16,18-19H,3-9H2,1-2H3/p+1/t10?,11?,12?,13?,14?,15?,16-/m1/s1. The summed E-state index contributed by atoms with van der Waals surface area (Å²) in [5.41, 5.74) is 0. The SMILES string of the molecule is CC1CCCC(N[C@@H]2OC(=O)C3C2C2CCCCC2N3C)[NH2+]1. The fraction of sp³-hybridized carbons (Fsp3) is 0.941. The van der Waals surface area contributed by atoms with Crippen molar-refractivity contribution in [3.05, 3.63) is 0 Å². The lowest BCUT2D eigenvalue weighted by Crippen LogP contribution is -2.99. The van der Waals surface area contributed by atoms with Gasteiger partial charge in [0.15, 0.2) is 6.23 Å². The van der Waals surface area contributed by atoms with Crippen LogP contribution < -0.4 is 10.6 Å². The number of piperidine rings is 1. The van der Waals surface area contributed by atoms with Gasteiger partial charge in [0.25, 0.3) is 0 Å². The molecular weight excluding hydrogens is 278 g/mol. The predicted octanol–water partition coefficient (Wildman–Crippen LogP) is 0.410. The molecule has 0 aromatic carbocycles. The number of nitrogens with zero attached hydrogens (tertiary/aromatic N) is 1. The molecule has 3 heterocycles. The zero-order chi connectivity index (χ0) is 15.3. The third kappa shape index (κ3) is 2.38. The van der Waals surface area contributed by atoms with Crippen molar-refractivity contribution in [2.75, 3.05) is 7.05 Å². The molecule has 22 heavy (non-hydrogen) atoms. The van der Waals surface area contributed by atoms with Gasteiger partial charge in [-0.15, -0.1) is 0 Å². The lowest BCUT2D eigenvalue weighted by molar-refractivity contribution is -0.733. The predicted molar refractivity (Wildman–Crippen MR) is 82.8 cm³/mol. The first-order valence-electron chi connectivity index (χ1n) is 9.18. The normalized spacial score (nSPS) is 48.8. The van der Waals surface area contributed by atoms with Crippen LogP contribution in [-0.4, -0.2) is 48.4 Å². The maximum absolute atomic E-state index is 12.4. The molecule has 1 saturated carbocycles. The number of hydrogen-bond acceptors (Lipinski definition) is 4. The molecule has 5 nitrogen and oxygen atoms in total. The molecule has 5 heteroatoms. The van der Waals surface area contributed by atoms with Crippen LogP contribution in [0.3, 0.4) is 0 Å². The van der Waals surface area contributed by atoms with Crippen molar-refractivity contribution in [2.24, 2.45) is 11.8 Å². The summed E-state index contributed by atoms with van der Waals surface area (Å²) in [5, 5.41) is 6.10. The van der Waals surface area contributed by atoms with Crippen molar-refractivity contribution in [3.8, 4) is 0 Å². The Labute approximate surface area is 133 Å². The Bertz CT molecular complexity index is 444. The van der Waals surface area contributed by atoms with Crippen LogP contribution in [0.5, 0.6) is 0 Å². The number of hydrogen-bond donors (Lipinski definition) is 2. The molecule has 3 aliphatic heterocycles. The average molecular weight is 308 g/mol. The van der Waals surface area contributed by atoms with Crippen LogP contribution in [0.1, 0.15) is 51.9 Å². The number of likely N-dealkylation sites (tertiary alicyclic amines) is 1. The van der Waals surface area contributed by atoms with Crippen molar-refractivity contribution >= 4 is 5.97 Å². The van der Waals surface area contributed by atoms with Gasteiger partial charge in [0.1, 0.15) is 12.2 Å². The summed E-state index contributed by atoms with van der Waals surface area (Å²) in [6.07, 6.45) is 9.22. The van der Waals surface area contributed by atoms with Gasteiger partial charge in [-0.05, 0) is 45.6 Å². The number of likely N-dealkylation sites (N-methyl/N-ethyl adjacent to an activating group) is 1. The number of quaternary nitrogens is 1. The van der Waals surface area contributed by atoms with E-state index in [9.17, 15) is 4.79 Å². The molecule has 0 aromatic heterocycles. The van der Waals surface area contributed by atoms with Crippen LogP contribution in [-0.2, 0) is 9.53 Å². The topological polar surface area (TPSA) is 58.2 Å². The monoisotopic (exact) mass is 308 g/mol. The molecule has 3 saturated heterocycles. The van der Waals surface area contributed by atoms with Crippen molar-refractivity contribution in [1.82, 2.24) is 10.2 Å². The third-order valence-electron chi connectivity index (χ3n) is 6.55. The van der Waals surface area contributed by atoms with E-state index in [0.717, 1.165) is 0 Å². The maximum atomic E-state index is 12.4. The van der Waals surface area contributed by atoms with Crippen molar-refractivity contribution in [2.45, 2.75) is 82.4 Å². The van der Waals surface area contributed by atoms with Gasteiger partial charge in [-0.25, -0.2) is 5.32 Å². The molecule has 0 spiro atoms. The van der Waals surface area contributed by atoms with E-state index in [4.69, 9.17) is 4.74 Å². The number of carbonyl (C=O) groups is 1. The second-order valence-electron chi connectivity index (χ2n) is 7.93. The smallest absolute Gasteiger partial charge is 0.325 e. The molecule has 4 aliphatic rings. The summed E-state index contributed by atoms with van der Waals surface area (Å²) in [7, 11) is 2.13. The van der Waals surface area contributed by atoms with Gasteiger partial charge in [-0.3, -0.25) is 9.69 Å². The number of cyclic esters (lactones) is 1. The first kappa shape index (κ1) is 14.9. The highest BCUT2D eigenvalue weighted by Gasteiger charge is 2.59. The Morgan fingerprint density at radius 1 is 1.18 bits per heavy atom. The molecule has 0 bridgehead atoms. The quantitative estimate of drug-likeness (QED) is 0.726. The van der Waals surface area contributed by atoms with Crippen molar-refractivity contribution in [1.29, 1.82) is 0 Å². The lowest BCUT2D eigenvalue weighted by atomic mass is 9.78. The number of rotatable bonds is 2. The highest BCUT2D eigenvalue weighted by atomic mass is 16.6. The molecular formula is C17H30N3O2+. The summed E-state index contributed by atoms with van der Waals surface area (Å²) in [5.74, 6) is 0.991. The summed E-state index contributed by atoms with van der Waals surface area (Å²) in [6.45, 7) is 2.29. The Morgan fingerprint density at radius 3 is 2.82 bits per heavy atom. The average Bonchev–Trinajstić information content (AvgIpc) is 2.98. The fourth-order valence-electron chi connectivity index (χ4n) is 5.54. The molecule has 1 aliphatic carbocycles. The maximum Gasteiger partial charge on any atom is 0.325 e. The van der Waals surface area contributed by atoms with Crippen LogP contribution >= 0.6 is 0 Å². The van der Waals surface area contributed by atoms with Crippen molar-refractivity contribution in [3.63, 3.8) is 0 Å². The second kappa shape index (κ2) is 5.77. The summed E-state index contributed by atoms with van der Waals surface area (Å²) in [4.78, 5) is 14.7. The number of ether oxygens (including phenoxy) is 1. The second-order valence-corrected chi connectivity index (χ2v) is 7.93. The van der Waals surface area contributed by atoms with Crippen LogP contribution in [0, 0.1) is 11.8 Å². The van der Waals surface area contributed by atoms with E-state index in [1.807, 2.05) is 0 Å². The fourth-order valence-corrected chi connectivity index (χ4v) is 5.54. The van der Waals surface area contributed by atoms with Gasteiger partial charge < -0.3 is 10.1 Å². The van der Waals surface area contributed by atoms with E-state index >= 15 is 0 Å². The molecule has 4 rings (SSSR count). The van der Waals surface area contributed by atoms with E-state index in [1.54, 1.807) is 0 Å². The highest BCUT2D eigenvalue weighted by Crippen LogP contribution is 2.47. The van der Waals surface area contributed by atoms with Gasteiger partial charge in [-0.2, -0.15) is 0 Å². The zero-order valence-electron chi connectivity index (χ0n) is 13.8. The molecule has 124 valence electrons. The summed E-state index contributed by atoms with van der Waals surface area (Å²) in [6, 6.07) is 1.26. The summed E-state index contributed by atoms with van der Waals surface area (Å²) < 4.78 is 5.77. The minimum absolute atomic E-state index is 0.00302. The van der Waals surface area contributed by atoms with Gasteiger partial charge >= 0.3 is 5.97 Å². The van der Waals surface area contributed by atoms with Gasteiger partial charge in [0.05, 0.1) is 6.04 Å². The van der Waals surface area contributed by atoms with E-state index in [0.29, 0.717) is 30.1 Å². The first-order chi connectivity index (χ1) is 10.6. The van der Waals surface area contributed by atoms with Gasteiger partial charge in [0, 0.05) is 18.4 Å². The Kier molecular flexibility index (Phi) is 3.91. The molecule has 0 amide bonds. The lowest BCUT2D eigenvalue weighted by Gasteiger charge is -2.34. The number of nitrogens with one attached hydrogen (secondary N) is 1. The Hall–Kier alpha value is -0.650. The largest absolute Gasteiger partial charge is 0.445 e. The van der Waals surface area contributed by atoms with E-state index in [-0.39, 0.29) is 18.2 Å². The number of fused-ring (bicyclic) bond motifs is 3. The molecule has 0 aromatic rings. The van der Waals surface area contributed by atoms with E-state index < -0.39 is 0 Å². The number of nitrogens with two attached hydrogens (primary N) is 1. The molecule has 3 N–H and O–H groups in total. The van der Waals surface area contributed by atoms with Crippen molar-refractivity contribution < 1.29 is 14.8 Å². The van der Waals surface area contributed by atoms with Gasteiger partial charge in [0.2, 0.25) is 0 Å². The molecule has 0 radical (unpaired) electrons. The van der Waals surface area contributed by atoms with Crippen LogP contribution in [0.4, 0.5) is 0 Å². The zero-order valence-corrected chi connectivity index (χ0v) is 13.8. The van der Waals surface area contributed by atoms with Crippen LogP contribution in [0.25, 0.3) is 0 Å². The Morgan fingerprint density at radius 2 is 2.00 bits per heavy atom. The third-order valence-corrected chi connectivity index (χ3v) is 6.55. The minimum Gasteiger partial charge on any atom is -0.445 e. The van der Waals surface area contributed by atoms with Crippen LogP contribution in [0.15, 0.2) is 0 Å². The highest BCUT2D eigenvalue weighted by molar-refractivity contribution is 5.79. The van der Waals surface area contributed by atoms with Gasteiger partial charge in [-0.1, -0.05) is 12.8 Å². The van der Waals surface area contributed by atoms with Crippen LogP contribution in [0.2, 0.25) is 0 Å². The molecule has 4 fully saturated rings. The summed E-state index contributed by atoms with van der Waals surface area (Å²) >= 11 is 0. The minimum atomic E-state index is -0.0698. The Balaban J connectivity index is 1.50. The molecule has 7 atom stereocenters. The first-order valence-corrected chi connectivity index (χ1v) is 9.18. The van der Waals surface area contributed by atoms with E-state index in [1.165, 1.54) is 44.9 Å². The number of carbonyl (C=O) groups excluding carboxylic acids is 1. The number of esters is 1. The molecule has 6 unspecified atom stereocenters.